The minimum atomic E-state index is -0.0274. The van der Waals surface area contributed by atoms with Gasteiger partial charge in [-0.15, -0.1) is 0 Å². The average molecular weight is 429 g/mol. The zero-order valence-electron chi connectivity index (χ0n) is 18.6. The maximum Gasteiger partial charge on any atom is 0.266 e. The summed E-state index contributed by atoms with van der Waals surface area (Å²) in [5.41, 5.74) is 5.48. The number of hydrogen-bond donors (Lipinski definition) is 0. The van der Waals surface area contributed by atoms with Gasteiger partial charge in [0.1, 0.15) is 0 Å². The fraction of sp³-hybridized carbons (Fsp3) is 0.259. The van der Waals surface area contributed by atoms with Gasteiger partial charge >= 0.3 is 0 Å². The van der Waals surface area contributed by atoms with Crippen LogP contribution in [0.2, 0.25) is 0 Å². The van der Waals surface area contributed by atoms with Crippen LogP contribution in [0, 0.1) is 0 Å². The van der Waals surface area contributed by atoms with E-state index in [1.807, 2.05) is 36.4 Å². The largest absolute Gasteiger partial charge is 0.268 e. The summed E-state index contributed by atoms with van der Waals surface area (Å²) in [6.07, 6.45) is 0.970. The zero-order valence-corrected chi connectivity index (χ0v) is 19.4. The number of rotatable bonds is 5. The first-order chi connectivity index (χ1) is 14.9. The Hall–Kier alpha value is -2.85. The highest BCUT2D eigenvalue weighted by Crippen LogP contribution is 2.27. The van der Waals surface area contributed by atoms with E-state index in [2.05, 4.69) is 64.1 Å². The van der Waals surface area contributed by atoms with E-state index in [0.29, 0.717) is 10.5 Å². The molecule has 0 saturated carbocycles. The van der Waals surface area contributed by atoms with Crippen molar-refractivity contribution >= 4 is 22.7 Å². The van der Waals surface area contributed by atoms with Crippen LogP contribution in [0.3, 0.4) is 0 Å². The van der Waals surface area contributed by atoms with Crippen LogP contribution in [-0.2, 0) is 17.6 Å². The topological polar surface area (TPSA) is 34.9 Å². The van der Waals surface area contributed by atoms with Gasteiger partial charge in [0.2, 0.25) is 0 Å². The van der Waals surface area contributed by atoms with Gasteiger partial charge in [0, 0.05) is 5.75 Å². The van der Waals surface area contributed by atoms with Gasteiger partial charge in [-0.3, -0.25) is 9.36 Å². The number of nitrogens with zero attached hydrogens (tertiary/aromatic N) is 2. The first-order valence-corrected chi connectivity index (χ1v) is 11.7. The van der Waals surface area contributed by atoms with Crippen LogP contribution < -0.4 is 5.56 Å². The fourth-order valence-electron chi connectivity index (χ4n) is 3.57. The van der Waals surface area contributed by atoms with E-state index in [-0.39, 0.29) is 11.0 Å². The SMILES string of the molecule is CCc1ccc(-n2c(SCc3ccc(C(C)(C)C)cc3)nc3ccccc3c2=O)cc1. The minimum absolute atomic E-state index is 0.0274. The van der Waals surface area contributed by atoms with Crippen molar-refractivity contribution in [1.82, 2.24) is 9.55 Å². The molecule has 158 valence electrons. The maximum atomic E-state index is 13.4. The summed E-state index contributed by atoms with van der Waals surface area (Å²) in [5, 5.41) is 1.36. The number of para-hydroxylation sites is 1. The van der Waals surface area contributed by atoms with Crippen molar-refractivity contribution in [2.24, 2.45) is 0 Å². The van der Waals surface area contributed by atoms with Crippen molar-refractivity contribution in [2.45, 2.75) is 50.4 Å². The Morgan fingerprint density at radius 3 is 2.16 bits per heavy atom. The Labute approximate surface area is 188 Å². The molecule has 0 N–H and O–H groups in total. The molecule has 0 aliphatic carbocycles. The van der Waals surface area contributed by atoms with E-state index >= 15 is 0 Å². The van der Waals surface area contributed by atoms with Gasteiger partial charge in [0.05, 0.1) is 16.6 Å². The van der Waals surface area contributed by atoms with Crippen LogP contribution in [0.5, 0.6) is 0 Å². The van der Waals surface area contributed by atoms with Gasteiger partial charge in [-0.1, -0.05) is 88.0 Å². The molecule has 0 saturated heterocycles. The summed E-state index contributed by atoms with van der Waals surface area (Å²) >= 11 is 1.60. The molecule has 0 atom stereocenters. The molecular formula is C27H28N2OS. The summed E-state index contributed by atoms with van der Waals surface area (Å²) in [5.74, 6) is 0.752. The van der Waals surface area contributed by atoms with Crippen LogP contribution in [0.4, 0.5) is 0 Å². The van der Waals surface area contributed by atoms with E-state index in [1.165, 1.54) is 16.7 Å². The molecule has 1 heterocycles. The normalized spacial score (nSPS) is 11.7. The highest BCUT2D eigenvalue weighted by Gasteiger charge is 2.15. The maximum absolute atomic E-state index is 13.4. The number of benzene rings is 3. The molecule has 1 aromatic heterocycles. The molecule has 3 nitrogen and oxygen atoms in total. The molecule has 3 aromatic carbocycles. The summed E-state index contributed by atoms with van der Waals surface area (Å²) in [6.45, 7) is 8.79. The van der Waals surface area contributed by atoms with Gasteiger partial charge in [0.15, 0.2) is 5.16 Å². The number of thioether (sulfide) groups is 1. The molecule has 0 spiro atoms. The minimum Gasteiger partial charge on any atom is -0.268 e. The Kier molecular flexibility index (Phi) is 6.01. The molecule has 4 heteroatoms. The summed E-state index contributed by atoms with van der Waals surface area (Å²) < 4.78 is 1.75. The van der Waals surface area contributed by atoms with Crippen molar-refractivity contribution in [3.63, 3.8) is 0 Å². The first kappa shape index (κ1) is 21.4. The second-order valence-corrected chi connectivity index (χ2v) is 9.75. The van der Waals surface area contributed by atoms with Crippen molar-refractivity contribution in [3.05, 3.63) is 99.8 Å². The molecule has 0 aliphatic rings. The molecule has 4 aromatic rings. The molecule has 4 rings (SSSR count). The van der Waals surface area contributed by atoms with E-state index < -0.39 is 0 Å². The van der Waals surface area contributed by atoms with Crippen LogP contribution in [0.25, 0.3) is 16.6 Å². The molecular weight excluding hydrogens is 400 g/mol. The van der Waals surface area contributed by atoms with Crippen LogP contribution in [-0.4, -0.2) is 9.55 Å². The predicted octanol–water partition coefficient (Wildman–Crippen LogP) is 6.54. The lowest BCUT2D eigenvalue weighted by atomic mass is 9.87. The lowest BCUT2D eigenvalue weighted by Crippen LogP contribution is -2.21. The molecule has 0 amide bonds. The highest BCUT2D eigenvalue weighted by atomic mass is 32.2. The van der Waals surface area contributed by atoms with Crippen molar-refractivity contribution < 1.29 is 0 Å². The van der Waals surface area contributed by atoms with E-state index in [0.717, 1.165) is 23.4 Å². The Balaban J connectivity index is 1.72. The van der Waals surface area contributed by atoms with E-state index in [1.54, 1.807) is 16.3 Å². The molecule has 0 radical (unpaired) electrons. The Bertz CT molecular complexity index is 1250. The highest BCUT2D eigenvalue weighted by molar-refractivity contribution is 7.98. The average Bonchev–Trinajstić information content (AvgIpc) is 2.78. The third kappa shape index (κ3) is 4.59. The second kappa shape index (κ2) is 8.72. The number of aryl methyl sites for hydroxylation is 1. The Morgan fingerprint density at radius 2 is 1.52 bits per heavy atom. The monoisotopic (exact) mass is 428 g/mol. The van der Waals surface area contributed by atoms with Crippen LogP contribution >= 0.6 is 11.8 Å². The van der Waals surface area contributed by atoms with E-state index in [4.69, 9.17) is 4.98 Å². The third-order valence-electron chi connectivity index (χ3n) is 5.54. The van der Waals surface area contributed by atoms with Gasteiger partial charge in [-0.05, 0) is 52.8 Å². The summed E-state index contributed by atoms with van der Waals surface area (Å²) in [7, 11) is 0. The van der Waals surface area contributed by atoms with Gasteiger partial charge < -0.3 is 0 Å². The number of aromatic nitrogens is 2. The Morgan fingerprint density at radius 1 is 0.871 bits per heavy atom. The molecule has 0 aliphatic heterocycles. The molecule has 0 fully saturated rings. The van der Waals surface area contributed by atoms with Crippen molar-refractivity contribution in [3.8, 4) is 5.69 Å². The van der Waals surface area contributed by atoms with Gasteiger partial charge in [-0.2, -0.15) is 0 Å². The summed E-state index contributed by atoms with van der Waals surface area (Å²) in [6, 6.07) is 24.5. The second-order valence-electron chi connectivity index (χ2n) is 8.81. The zero-order chi connectivity index (χ0) is 22.0. The number of fused-ring (bicyclic) bond motifs is 1. The first-order valence-electron chi connectivity index (χ1n) is 10.7. The van der Waals surface area contributed by atoms with Gasteiger partial charge in [0.25, 0.3) is 5.56 Å². The van der Waals surface area contributed by atoms with Crippen molar-refractivity contribution in [2.75, 3.05) is 0 Å². The van der Waals surface area contributed by atoms with Crippen molar-refractivity contribution in [1.29, 1.82) is 0 Å². The van der Waals surface area contributed by atoms with Crippen LogP contribution in [0.15, 0.2) is 82.7 Å². The van der Waals surface area contributed by atoms with Gasteiger partial charge in [-0.25, -0.2) is 4.98 Å². The smallest absolute Gasteiger partial charge is 0.266 e. The fourth-order valence-corrected chi connectivity index (χ4v) is 4.53. The molecule has 0 unspecified atom stereocenters. The quantitative estimate of drug-likeness (QED) is 0.267. The lowest BCUT2D eigenvalue weighted by molar-refractivity contribution is 0.590. The lowest BCUT2D eigenvalue weighted by Gasteiger charge is -2.19. The number of hydrogen-bond acceptors (Lipinski definition) is 3. The summed E-state index contributed by atoms with van der Waals surface area (Å²) in [4.78, 5) is 18.2. The molecule has 31 heavy (non-hydrogen) atoms. The third-order valence-corrected chi connectivity index (χ3v) is 6.55. The van der Waals surface area contributed by atoms with E-state index in [9.17, 15) is 4.79 Å². The molecule has 0 bridgehead atoms. The van der Waals surface area contributed by atoms with Crippen LogP contribution in [0.1, 0.15) is 44.4 Å². The standard InChI is InChI=1S/C27H28N2OS/c1-5-19-12-16-22(17-13-19)29-25(30)23-8-6-7-9-24(23)28-26(29)31-18-20-10-14-21(15-11-20)27(2,3)4/h6-17H,5,18H2,1-4H3. The predicted molar refractivity (Wildman–Crippen MR) is 131 cm³/mol.